The quantitative estimate of drug-likeness (QED) is 0.612. The maximum Gasteiger partial charge on any atom is 0.244 e. The lowest BCUT2D eigenvalue weighted by atomic mass is 10.3. The number of halogens is 1. The van der Waals surface area contributed by atoms with Crippen LogP contribution in [-0.4, -0.2) is 37.0 Å². The molecule has 0 amide bonds. The van der Waals surface area contributed by atoms with Gasteiger partial charge < -0.3 is 10.1 Å². The van der Waals surface area contributed by atoms with Crippen LogP contribution in [0.2, 0.25) is 5.02 Å². The van der Waals surface area contributed by atoms with Crippen molar-refractivity contribution in [3.63, 3.8) is 0 Å². The third-order valence-electron chi connectivity index (χ3n) is 3.07. The fourth-order valence-electron chi connectivity index (χ4n) is 2.10. The number of nitrogens with one attached hydrogen (secondary N) is 1. The van der Waals surface area contributed by atoms with E-state index in [0.717, 1.165) is 0 Å². The van der Waals surface area contributed by atoms with Crippen LogP contribution in [0.1, 0.15) is 0 Å². The number of aromatic nitrogens is 6. The first-order valence-electron chi connectivity index (χ1n) is 6.19. The predicted molar refractivity (Wildman–Crippen MR) is 77.4 cm³/mol. The molecule has 0 saturated heterocycles. The standard InChI is InChI=1S/C12H8ClN7O2/c1-21-8-3-2-6(13)4-7(8)15-9-11-17-14-5-20(11)12-10(16-9)18-22-19-12/h2-5H,1H3,(H,15,16,18). The smallest absolute Gasteiger partial charge is 0.244 e. The van der Waals surface area contributed by atoms with Gasteiger partial charge in [-0.05, 0) is 28.5 Å². The van der Waals surface area contributed by atoms with Gasteiger partial charge >= 0.3 is 0 Å². The zero-order valence-electron chi connectivity index (χ0n) is 11.2. The van der Waals surface area contributed by atoms with Gasteiger partial charge in [0.05, 0.1) is 12.8 Å². The molecule has 3 heterocycles. The predicted octanol–water partition coefficient (Wildman–Crippen LogP) is 2.07. The SMILES string of the molecule is COc1ccc(Cl)cc1Nc1nc2nonc2n2cnnc12. The van der Waals surface area contributed by atoms with Crippen LogP contribution in [0.4, 0.5) is 11.5 Å². The van der Waals surface area contributed by atoms with Crippen LogP contribution in [0, 0.1) is 0 Å². The summed E-state index contributed by atoms with van der Waals surface area (Å²) in [4.78, 5) is 4.34. The zero-order chi connectivity index (χ0) is 15.1. The molecular formula is C12H8ClN7O2. The number of methoxy groups -OCH3 is 1. The summed E-state index contributed by atoms with van der Waals surface area (Å²) in [5.74, 6) is 1.04. The molecule has 0 aliphatic heterocycles. The average Bonchev–Trinajstić information content (AvgIpc) is 3.15. The third-order valence-corrected chi connectivity index (χ3v) is 3.31. The molecule has 4 aromatic rings. The molecule has 4 rings (SSSR count). The van der Waals surface area contributed by atoms with Crippen LogP contribution in [-0.2, 0) is 0 Å². The topological polar surface area (TPSA) is 103 Å². The maximum absolute atomic E-state index is 6.03. The Bertz CT molecular complexity index is 980. The van der Waals surface area contributed by atoms with Crippen molar-refractivity contribution in [1.82, 2.24) is 29.9 Å². The number of fused-ring (bicyclic) bond motifs is 3. The van der Waals surface area contributed by atoms with E-state index in [1.54, 1.807) is 29.7 Å². The van der Waals surface area contributed by atoms with Gasteiger partial charge in [-0.15, -0.1) is 10.2 Å². The molecule has 0 aliphatic carbocycles. The number of rotatable bonds is 3. The van der Waals surface area contributed by atoms with E-state index in [2.05, 4.69) is 30.8 Å². The van der Waals surface area contributed by atoms with Crippen molar-refractivity contribution >= 4 is 40.0 Å². The van der Waals surface area contributed by atoms with Crippen molar-refractivity contribution in [3.8, 4) is 5.75 Å². The fourth-order valence-corrected chi connectivity index (χ4v) is 2.27. The maximum atomic E-state index is 6.03. The Morgan fingerprint density at radius 1 is 1.27 bits per heavy atom. The van der Waals surface area contributed by atoms with Gasteiger partial charge in [0.2, 0.25) is 16.9 Å². The van der Waals surface area contributed by atoms with Gasteiger partial charge in [-0.1, -0.05) is 11.6 Å². The highest BCUT2D eigenvalue weighted by molar-refractivity contribution is 6.31. The molecular weight excluding hydrogens is 310 g/mol. The lowest BCUT2D eigenvalue weighted by Crippen LogP contribution is -2.01. The summed E-state index contributed by atoms with van der Waals surface area (Å²) in [6, 6.07) is 5.21. The number of hydrogen-bond acceptors (Lipinski definition) is 8. The van der Waals surface area contributed by atoms with E-state index in [0.29, 0.717) is 39.2 Å². The van der Waals surface area contributed by atoms with E-state index in [1.807, 2.05) is 0 Å². The number of hydrogen-bond donors (Lipinski definition) is 1. The molecule has 110 valence electrons. The summed E-state index contributed by atoms with van der Waals surface area (Å²) in [6.45, 7) is 0. The van der Waals surface area contributed by atoms with E-state index in [4.69, 9.17) is 21.0 Å². The zero-order valence-corrected chi connectivity index (χ0v) is 11.9. The Kier molecular flexibility index (Phi) is 2.79. The second kappa shape index (κ2) is 4.81. The van der Waals surface area contributed by atoms with Crippen molar-refractivity contribution in [3.05, 3.63) is 29.5 Å². The summed E-state index contributed by atoms with van der Waals surface area (Å²) in [7, 11) is 1.57. The Morgan fingerprint density at radius 3 is 3.05 bits per heavy atom. The van der Waals surface area contributed by atoms with Gasteiger partial charge in [-0.25, -0.2) is 9.61 Å². The van der Waals surface area contributed by atoms with Gasteiger partial charge in [0, 0.05) is 5.02 Å². The summed E-state index contributed by atoms with van der Waals surface area (Å²) < 4.78 is 11.6. The second-order valence-electron chi connectivity index (χ2n) is 4.37. The van der Waals surface area contributed by atoms with Crippen molar-refractivity contribution in [2.45, 2.75) is 0 Å². The van der Waals surface area contributed by atoms with Crippen molar-refractivity contribution in [2.75, 3.05) is 12.4 Å². The van der Waals surface area contributed by atoms with Gasteiger partial charge in [-0.2, -0.15) is 0 Å². The van der Waals surface area contributed by atoms with E-state index >= 15 is 0 Å². The van der Waals surface area contributed by atoms with Crippen LogP contribution < -0.4 is 10.1 Å². The van der Waals surface area contributed by atoms with Crippen molar-refractivity contribution < 1.29 is 9.37 Å². The van der Waals surface area contributed by atoms with Crippen LogP contribution in [0.15, 0.2) is 29.2 Å². The number of benzene rings is 1. The Hall–Kier alpha value is -2.94. The number of ether oxygens (including phenoxy) is 1. The molecule has 0 aliphatic rings. The second-order valence-corrected chi connectivity index (χ2v) is 4.80. The summed E-state index contributed by atoms with van der Waals surface area (Å²) in [6.07, 6.45) is 1.50. The molecule has 0 saturated carbocycles. The summed E-state index contributed by atoms with van der Waals surface area (Å²) in [5, 5.41) is 19.1. The normalized spacial score (nSPS) is 11.2. The minimum Gasteiger partial charge on any atom is -0.495 e. The largest absolute Gasteiger partial charge is 0.495 e. The van der Waals surface area contributed by atoms with Gasteiger partial charge in [-0.3, -0.25) is 4.40 Å². The van der Waals surface area contributed by atoms with Crippen LogP contribution in [0.5, 0.6) is 5.75 Å². The molecule has 3 aromatic heterocycles. The molecule has 10 heteroatoms. The van der Waals surface area contributed by atoms with E-state index in [-0.39, 0.29) is 0 Å². The molecule has 0 atom stereocenters. The molecule has 22 heavy (non-hydrogen) atoms. The lowest BCUT2D eigenvalue weighted by molar-refractivity contribution is 0.314. The van der Waals surface area contributed by atoms with Crippen molar-refractivity contribution in [1.29, 1.82) is 0 Å². The van der Waals surface area contributed by atoms with Gasteiger partial charge in [0.15, 0.2) is 5.82 Å². The van der Waals surface area contributed by atoms with Gasteiger partial charge in [0.25, 0.3) is 0 Å². The molecule has 0 unspecified atom stereocenters. The van der Waals surface area contributed by atoms with Crippen LogP contribution >= 0.6 is 11.6 Å². The molecule has 0 bridgehead atoms. The summed E-state index contributed by atoms with van der Waals surface area (Å²) in [5.41, 5.74) is 1.88. The first kappa shape index (κ1) is 12.8. The summed E-state index contributed by atoms with van der Waals surface area (Å²) >= 11 is 6.03. The minimum absolute atomic E-state index is 0.329. The molecule has 1 aromatic carbocycles. The molecule has 0 spiro atoms. The Labute approximate surface area is 127 Å². The third kappa shape index (κ3) is 1.91. The van der Waals surface area contributed by atoms with Crippen molar-refractivity contribution in [2.24, 2.45) is 0 Å². The van der Waals surface area contributed by atoms with E-state index < -0.39 is 0 Å². The van der Waals surface area contributed by atoms with E-state index in [9.17, 15) is 0 Å². The Morgan fingerprint density at radius 2 is 2.18 bits per heavy atom. The number of anilines is 2. The first-order valence-corrected chi connectivity index (χ1v) is 6.56. The number of nitrogens with zero attached hydrogens (tertiary/aromatic N) is 6. The fraction of sp³-hybridized carbons (Fsp3) is 0.0833. The minimum atomic E-state index is 0.329. The van der Waals surface area contributed by atoms with Gasteiger partial charge in [0.1, 0.15) is 12.1 Å². The molecule has 0 radical (unpaired) electrons. The average molecular weight is 318 g/mol. The van der Waals surface area contributed by atoms with Crippen LogP contribution in [0.25, 0.3) is 16.9 Å². The molecule has 0 fully saturated rings. The molecule has 1 N–H and O–H groups in total. The molecule has 9 nitrogen and oxygen atoms in total. The highest BCUT2D eigenvalue weighted by Crippen LogP contribution is 2.31. The Balaban J connectivity index is 1.90. The monoisotopic (exact) mass is 317 g/mol. The van der Waals surface area contributed by atoms with E-state index in [1.165, 1.54) is 6.33 Å². The highest BCUT2D eigenvalue weighted by Gasteiger charge is 2.15. The first-order chi connectivity index (χ1) is 10.8. The van der Waals surface area contributed by atoms with Crippen LogP contribution in [0.3, 0.4) is 0 Å². The lowest BCUT2D eigenvalue weighted by Gasteiger charge is -2.11. The highest BCUT2D eigenvalue weighted by atomic mass is 35.5.